The molecule has 0 bridgehead atoms. The first-order valence-electron chi connectivity index (χ1n) is 11.0. The quantitative estimate of drug-likeness (QED) is 0.490. The van der Waals surface area contributed by atoms with E-state index in [9.17, 15) is 14.8 Å². The number of carbonyl (C=O) groups excluding carboxylic acids is 2. The van der Waals surface area contributed by atoms with Crippen LogP contribution >= 0.6 is 0 Å². The number of piperidine rings is 1. The number of nitrogens with zero attached hydrogens (tertiary/aromatic N) is 2. The monoisotopic (exact) mass is 422 g/mol. The lowest BCUT2D eigenvalue weighted by atomic mass is 9.99. The number of carbonyl (C=O) groups is 2. The van der Waals surface area contributed by atoms with E-state index in [0.29, 0.717) is 5.06 Å². The summed E-state index contributed by atoms with van der Waals surface area (Å²) < 4.78 is 0. The van der Waals surface area contributed by atoms with Crippen LogP contribution in [0.2, 0.25) is 0 Å². The number of nitrogens with one attached hydrogen (secondary N) is 2. The van der Waals surface area contributed by atoms with E-state index in [0.717, 1.165) is 35.9 Å². The summed E-state index contributed by atoms with van der Waals surface area (Å²) in [7, 11) is 0. The van der Waals surface area contributed by atoms with Crippen LogP contribution in [0, 0.1) is 11.8 Å². The van der Waals surface area contributed by atoms with Crippen molar-refractivity contribution in [3.8, 4) is 0 Å². The molecule has 3 N–H and O–H groups in total. The zero-order valence-corrected chi connectivity index (χ0v) is 17.9. The number of hydrogen-bond donors (Lipinski definition) is 3. The third-order valence-corrected chi connectivity index (χ3v) is 6.17. The van der Waals surface area contributed by atoms with Crippen LogP contribution in [0.3, 0.4) is 0 Å². The number of hydroxylamine groups is 2. The number of rotatable bonds is 6. The maximum Gasteiger partial charge on any atom is 0.251 e. The molecule has 7 nitrogen and oxygen atoms in total. The van der Waals surface area contributed by atoms with Gasteiger partial charge in [0.15, 0.2) is 0 Å². The fraction of sp³-hybridized carbons (Fsp3) is 0.417. The van der Waals surface area contributed by atoms with Gasteiger partial charge in [0, 0.05) is 43.1 Å². The second-order valence-corrected chi connectivity index (χ2v) is 8.64. The second kappa shape index (κ2) is 9.39. The van der Waals surface area contributed by atoms with Gasteiger partial charge < -0.3 is 15.5 Å². The molecule has 0 aromatic heterocycles. The summed E-state index contributed by atoms with van der Waals surface area (Å²) in [5, 5.41) is 16.8. The smallest absolute Gasteiger partial charge is 0.251 e. The molecule has 4 rings (SSSR count). The molecule has 0 saturated carbocycles. The van der Waals surface area contributed by atoms with E-state index in [1.807, 2.05) is 24.3 Å². The minimum atomic E-state index is -0.491. The van der Waals surface area contributed by atoms with Crippen molar-refractivity contribution in [2.75, 3.05) is 29.9 Å². The minimum absolute atomic E-state index is 0.0902. The average molecular weight is 423 g/mol. The van der Waals surface area contributed by atoms with E-state index < -0.39 is 11.8 Å². The molecule has 164 valence electrons. The third kappa shape index (κ3) is 5.35. The summed E-state index contributed by atoms with van der Waals surface area (Å²) in [6.45, 7) is 4.93. The lowest BCUT2D eigenvalue weighted by Crippen LogP contribution is -2.34. The van der Waals surface area contributed by atoms with E-state index in [4.69, 9.17) is 0 Å². The molecule has 31 heavy (non-hydrogen) atoms. The van der Waals surface area contributed by atoms with Gasteiger partial charge >= 0.3 is 0 Å². The Kier molecular flexibility index (Phi) is 6.42. The van der Waals surface area contributed by atoms with Gasteiger partial charge in [-0.05, 0) is 60.7 Å². The first-order valence-corrected chi connectivity index (χ1v) is 11.0. The van der Waals surface area contributed by atoms with E-state index in [2.05, 4.69) is 46.7 Å². The Bertz CT molecular complexity index is 905. The molecule has 1 atom stereocenters. The number of benzene rings is 2. The van der Waals surface area contributed by atoms with Gasteiger partial charge in [0.2, 0.25) is 5.91 Å². The largest absolute Gasteiger partial charge is 0.372 e. The van der Waals surface area contributed by atoms with Crippen molar-refractivity contribution in [3.05, 3.63) is 54.1 Å². The summed E-state index contributed by atoms with van der Waals surface area (Å²) in [4.78, 5) is 25.9. The molecule has 2 aromatic carbocycles. The first-order chi connectivity index (χ1) is 15.0. The molecular formula is C24H30N4O3. The molecule has 2 amide bonds. The van der Waals surface area contributed by atoms with E-state index in [1.165, 1.54) is 18.5 Å². The molecular weight excluding hydrogens is 392 g/mol. The van der Waals surface area contributed by atoms with Crippen LogP contribution in [0.25, 0.3) is 0 Å². The maximum atomic E-state index is 12.2. The molecule has 0 aliphatic carbocycles. The summed E-state index contributed by atoms with van der Waals surface area (Å²) in [6, 6.07) is 16.1. The van der Waals surface area contributed by atoms with Crippen LogP contribution < -0.4 is 15.5 Å². The number of anilines is 3. The van der Waals surface area contributed by atoms with Crippen molar-refractivity contribution in [2.24, 2.45) is 11.8 Å². The lowest BCUT2D eigenvalue weighted by Gasteiger charge is -2.32. The summed E-state index contributed by atoms with van der Waals surface area (Å²) in [5.41, 5.74) is 4.02. The van der Waals surface area contributed by atoms with E-state index in [1.54, 1.807) is 0 Å². The molecule has 1 unspecified atom stereocenters. The van der Waals surface area contributed by atoms with Crippen LogP contribution in [0.5, 0.6) is 0 Å². The summed E-state index contributed by atoms with van der Waals surface area (Å²) in [5.74, 6) is -0.251. The Morgan fingerprint density at radius 2 is 1.71 bits per heavy atom. The summed E-state index contributed by atoms with van der Waals surface area (Å²) in [6.07, 6.45) is 2.63. The molecule has 2 aliphatic heterocycles. The highest BCUT2D eigenvalue weighted by molar-refractivity contribution is 5.88. The second-order valence-electron chi connectivity index (χ2n) is 8.64. The number of amides is 2. The highest BCUT2D eigenvalue weighted by Gasteiger charge is 2.31. The van der Waals surface area contributed by atoms with Gasteiger partial charge in [-0.2, -0.15) is 0 Å². The predicted octanol–water partition coefficient (Wildman–Crippen LogP) is 3.52. The molecule has 2 saturated heterocycles. The molecule has 7 heteroatoms. The van der Waals surface area contributed by atoms with E-state index >= 15 is 0 Å². The van der Waals surface area contributed by atoms with Crippen molar-refractivity contribution in [1.29, 1.82) is 0 Å². The predicted molar refractivity (Wildman–Crippen MR) is 120 cm³/mol. The number of hydrogen-bond acceptors (Lipinski definition) is 5. The molecule has 0 spiro atoms. The third-order valence-electron chi connectivity index (χ3n) is 6.17. The Hall–Kier alpha value is -3.06. The van der Waals surface area contributed by atoms with Crippen molar-refractivity contribution in [3.63, 3.8) is 0 Å². The van der Waals surface area contributed by atoms with Crippen molar-refractivity contribution < 1.29 is 14.8 Å². The van der Waals surface area contributed by atoms with Gasteiger partial charge in [0.05, 0.1) is 12.5 Å². The van der Waals surface area contributed by atoms with Gasteiger partial charge in [-0.1, -0.05) is 19.1 Å². The van der Waals surface area contributed by atoms with Crippen LogP contribution in [0.15, 0.2) is 48.5 Å². The van der Waals surface area contributed by atoms with Gasteiger partial charge in [-0.3, -0.25) is 14.8 Å². The molecule has 2 heterocycles. The van der Waals surface area contributed by atoms with Crippen LogP contribution in [0.1, 0.15) is 31.7 Å². The Morgan fingerprint density at radius 3 is 2.29 bits per heavy atom. The SMILES string of the molecule is CC1CCN(c2ccc(Nc3ccc(CN(O)C(=O)C4CNC(=O)C4)cc3)cc2)CC1. The van der Waals surface area contributed by atoms with Crippen LogP contribution in [-0.4, -0.2) is 41.7 Å². The van der Waals surface area contributed by atoms with Gasteiger partial charge in [-0.25, -0.2) is 5.06 Å². The Labute approximate surface area is 183 Å². The standard InChI is InChI=1S/C24H30N4O3/c1-17-10-12-27(13-11-17)22-8-6-21(7-9-22)26-20-4-2-18(3-5-20)16-28(31)24(30)19-14-23(29)25-15-19/h2-9,17,19,26,31H,10-16H2,1H3,(H,25,29). The Balaban J connectivity index is 1.30. The highest BCUT2D eigenvalue weighted by Crippen LogP contribution is 2.25. The van der Waals surface area contributed by atoms with Crippen molar-refractivity contribution in [2.45, 2.75) is 32.7 Å². The average Bonchev–Trinajstić information content (AvgIpc) is 3.22. The van der Waals surface area contributed by atoms with E-state index in [-0.39, 0.29) is 25.4 Å². The fourth-order valence-corrected chi connectivity index (χ4v) is 4.12. The molecule has 2 aromatic rings. The lowest BCUT2D eigenvalue weighted by molar-refractivity contribution is -0.172. The minimum Gasteiger partial charge on any atom is -0.372 e. The van der Waals surface area contributed by atoms with Crippen LogP contribution in [0.4, 0.5) is 17.1 Å². The highest BCUT2D eigenvalue weighted by atomic mass is 16.5. The normalized spacial score (nSPS) is 19.2. The summed E-state index contributed by atoms with van der Waals surface area (Å²) >= 11 is 0. The van der Waals surface area contributed by atoms with Gasteiger partial charge in [0.25, 0.3) is 5.91 Å². The Morgan fingerprint density at radius 1 is 1.10 bits per heavy atom. The molecule has 2 aliphatic rings. The topological polar surface area (TPSA) is 84.9 Å². The first kappa shape index (κ1) is 21.2. The fourth-order valence-electron chi connectivity index (χ4n) is 4.12. The van der Waals surface area contributed by atoms with Gasteiger partial charge in [0.1, 0.15) is 0 Å². The van der Waals surface area contributed by atoms with Crippen molar-refractivity contribution >= 4 is 28.9 Å². The maximum absolute atomic E-state index is 12.2. The van der Waals surface area contributed by atoms with Crippen LogP contribution in [-0.2, 0) is 16.1 Å². The zero-order valence-electron chi connectivity index (χ0n) is 17.9. The zero-order chi connectivity index (χ0) is 21.8. The molecule has 2 fully saturated rings. The van der Waals surface area contributed by atoms with Gasteiger partial charge in [-0.15, -0.1) is 0 Å². The van der Waals surface area contributed by atoms with Crippen molar-refractivity contribution in [1.82, 2.24) is 10.4 Å². The molecule has 0 radical (unpaired) electrons.